The number of hydrogen-bond acceptors (Lipinski definition) is 3. The maximum Gasteiger partial charge on any atom is 0.104 e. The van der Waals surface area contributed by atoms with E-state index in [-0.39, 0.29) is 0 Å². The third kappa shape index (κ3) is 3.32. The molecule has 0 bridgehead atoms. The zero-order chi connectivity index (χ0) is 14.1. The van der Waals surface area contributed by atoms with Crippen LogP contribution in [0.3, 0.4) is 0 Å². The number of benzene rings is 1. The molecule has 2 fully saturated rings. The number of hydrogen-bond donors (Lipinski definition) is 1. The summed E-state index contributed by atoms with van der Waals surface area (Å²) in [5.74, 6) is 0.984. The summed E-state index contributed by atoms with van der Waals surface area (Å²) < 4.78 is 1.08. The average molecular weight is 354 g/mol. The van der Waals surface area contributed by atoms with Gasteiger partial charge in [-0.1, -0.05) is 12.2 Å². The smallest absolute Gasteiger partial charge is 0.104 e. The Morgan fingerprint density at radius 2 is 1.95 bits per heavy atom. The van der Waals surface area contributed by atoms with E-state index in [0.29, 0.717) is 4.99 Å². The Kier molecular flexibility index (Phi) is 4.29. The van der Waals surface area contributed by atoms with Gasteiger partial charge in [0.25, 0.3) is 0 Å². The van der Waals surface area contributed by atoms with Crippen LogP contribution in [0.1, 0.15) is 18.4 Å². The number of halogens is 1. The second-order valence-corrected chi connectivity index (χ2v) is 7.06. The summed E-state index contributed by atoms with van der Waals surface area (Å²) in [6.07, 6.45) is 2.87. The summed E-state index contributed by atoms with van der Waals surface area (Å²) in [5.41, 5.74) is 7.84. The summed E-state index contributed by atoms with van der Waals surface area (Å²) in [5, 5.41) is 0. The van der Waals surface area contributed by atoms with E-state index in [9.17, 15) is 0 Å². The van der Waals surface area contributed by atoms with Crippen molar-refractivity contribution in [1.29, 1.82) is 0 Å². The second kappa shape index (κ2) is 6.00. The van der Waals surface area contributed by atoms with E-state index >= 15 is 0 Å². The fraction of sp³-hybridized carbons (Fsp3) is 0.533. The minimum absolute atomic E-state index is 0.450. The molecule has 20 heavy (non-hydrogen) atoms. The lowest BCUT2D eigenvalue weighted by Gasteiger charge is -2.36. The number of piperazine rings is 1. The van der Waals surface area contributed by atoms with Crippen LogP contribution in [-0.2, 0) is 0 Å². The van der Waals surface area contributed by atoms with Crippen LogP contribution in [0, 0.1) is 5.92 Å². The highest BCUT2D eigenvalue weighted by Crippen LogP contribution is 2.31. The molecule has 2 aliphatic rings. The fourth-order valence-corrected chi connectivity index (χ4v) is 3.51. The molecule has 1 aromatic carbocycles. The van der Waals surface area contributed by atoms with Gasteiger partial charge in [-0.25, -0.2) is 0 Å². The van der Waals surface area contributed by atoms with Crippen molar-refractivity contribution in [3.05, 3.63) is 28.2 Å². The van der Waals surface area contributed by atoms with Crippen LogP contribution in [0.25, 0.3) is 0 Å². The zero-order valence-electron chi connectivity index (χ0n) is 11.5. The molecule has 0 unspecified atom stereocenters. The topological polar surface area (TPSA) is 32.5 Å². The zero-order valence-corrected chi connectivity index (χ0v) is 13.9. The van der Waals surface area contributed by atoms with Gasteiger partial charge in [0.15, 0.2) is 0 Å². The molecule has 0 atom stereocenters. The highest BCUT2D eigenvalue weighted by molar-refractivity contribution is 9.10. The molecule has 2 N–H and O–H groups in total. The predicted molar refractivity (Wildman–Crippen MR) is 91.4 cm³/mol. The minimum atomic E-state index is 0.450. The molecule has 0 amide bonds. The van der Waals surface area contributed by atoms with E-state index in [0.717, 1.165) is 29.0 Å². The Balaban J connectivity index is 1.63. The number of anilines is 1. The van der Waals surface area contributed by atoms with Crippen molar-refractivity contribution in [1.82, 2.24) is 4.90 Å². The molecule has 3 nitrogen and oxygen atoms in total. The van der Waals surface area contributed by atoms with Crippen molar-refractivity contribution < 1.29 is 0 Å². The summed E-state index contributed by atoms with van der Waals surface area (Å²) in [4.78, 5) is 5.49. The van der Waals surface area contributed by atoms with Crippen LogP contribution in [0.4, 0.5) is 5.69 Å². The Morgan fingerprint density at radius 1 is 1.25 bits per heavy atom. The Bertz CT molecular complexity index is 508. The van der Waals surface area contributed by atoms with Gasteiger partial charge >= 0.3 is 0 Å². The Labute approximate surface area is 134 Å². The first-order valence-corrected chi connectivity index (χ1v) is 8.40. The lowest BCUT2D eigenvalue weighted by atomic mass is 10.1. The second-order valence-electron chi connectivity index (χ2n) is 5.76. The van der Waals surface area contributed by atoms with Crippen LogP contribution in [0.15, 0.2) is 22.7 Å². The van der Waals surface area contributed by atoms with Crippen molar-refractivity contribution in [2.24, 2.45) is 11.7 Å². The highest BCUT2D eigenvalue weighted by atomic mass is 79.9. The van der Waals surface area contributed by atoms with Gasteiger partial charge in [0.1, 0.15) is 4.99 Å². The largest absolute Gasteiger partial charge is 0.389 e. The highest BCUT2D eigenvalue weighted by Gasteiger charge is 2.26. The van der Waals surface area contributed by atoms with Gasteiger partial charge in [0, 0.05) is 42.8 Å². The van der Waals surface area contributed by atoms with Gasteiger partial charge in [-0.05, 0) is 52.9 Å². The number of thiocarbonyl (C=S) groups is 1. The van der Waals surface area contributed by atoms with E-state index in [1.807, 2.05) is 12.1 Å². The van der Waals surface area contributed by atoms with Crippen LogP contribution < -0.4 is 10.6 Å². The van der Waals surface area contributed by atoms with E-state index < -0.39 is 0 Å². The molecule has 5 heteroatoms. The van der Waals surface area contributed by atoms with E-state index in [1.54, 1.807) is 0 Å². The van der Waals surface area contributed by atoms with E-state index in [2.05, 4.69) is 31.8 Å². The number of rotatable bonds is 4. The minimum Gasteiger partial charge on any atom is -0.389 e. The Hall–Kier alpha value is -0.650. The first-order chi connectivity index (χ1) is 9.63. The molecular weight excluding hydrogens is 334 g/mol. The molecule has 0 radical (unpaired) electrons. The molecule has 0 spiro atoms. The van der Waals surface area contributed by atoms with Crippen LogP contribution in [0.2, 0.25) is 0 Å². The van der Waals surface area contributed by atoms with Crippen molar-refractivity contribution >= 4 is 38.8 Å². The molecule has 1 saturated carbocycles. The molecule has 108 valence electrons. The molecule has 3 rings (SSSR count). The van der Waals surface area contributed by atoms with E-state index in [4.69, 9.17) is 18.0 Å². The predicted octanol–water partition coefficient (Wildman–Crippen LogP) is 2.62. The normalized spacial score (nSPS) is 20.1. The van der Waals surface area contributed by atoms with Gasteiger partial charge in [-0.3, -0.25) is 4.90 Å². The van der Waals surface area contributed by atoms with Crippen LogP contribution >= 0.6 is 28.1 Å². The lowest BCUT2D eigenvalue weighted by Crippen LogP contribution is -2.47. The van der Waals surface area contributed by atoms with Gasteiger partial charge in [-0.2, -0.15) is 0 Å². The van der Waals surface area contributed by atoms with Crippen molar-refractivity contribution in [3.8, 4) is 0 Å². The van der Waals surface area contributed by atoms with Gasteiger partial charge in [-0.15, -0.1) is 0 Å². The van der Waals surface area contributed by atoms with Crippen molar-refractivity contribution in [3.63, 3.8) is 0 Å². The maximum absolute atomic E-state index is 5.67. The number of nitrogens with zero attached hydrogens (tertiary/aromatic N) is 2. The quantitative estimate of drug-likeness (QED) is 0.843. The maximum atomic E-state index is 5.67. The third-order valence-corrected chi connectivity index (χ3v) is 5.03. The first-order valence-electron chi connectivity index (χ1n) is 7.20. The van der Waals surface area contributed by atoms with Gasteiger partial charge < -0.3 is 10.6 Å². The van der Waals surface area contributed by atoms with Crippen molar-refractivity contribution in [2.45, 2.75) is 12.8 Å². The summed E-state index contributed by atoms with van der Waals surface area (Å²) >= 11 is 8.67. The molecule has 1 heterocycles. The SMILES string of the molecule is NC(=S)c1ccc(N2CCN(CC3CC3)CC2)c(Br)c1. The monoisotopic (exact) mass is 353 g/mol. The standard InChI is InChI=1S/C15H20BrN3S/c16-13-9-12(15(17)20)3-4-14(13)19-7-5-18(6-8-19)10-11-1-2-11/h3-4,9,11H,1-2,5-8,10H2,(H2,17,20). The van der Waals surface area contributed by atoms with Crippen molar-refractivity contribution in [2.75, 3.05) is 37.6 Å². The summed E-state index contributed by atoms with van der Waals surface area (Å²) in [6.45, 7) is 5.82. The lowest BCUT2D eigenvalue weighted by molar-refractivity contribution is 0.248. The molecule has 0 aromatic heterocycles. The van der Waals surface area contributed by atoms with E-state index in [1.165, 1.54) is 38.2 Å². The first kappa shape index (κ1) is 14.3. The molecule has 1 aromatic rings. The third-order valence-electron chi connectivity index (χ3n) is 4.16. The molecule has 1 aliphatic heterocycles. The molecule has 1 aliphatic carbocycles. The fourth-order valence-electron chi connectivity index (χ4n) is 2.75. The average Bonchev–Trinajstić information content (AvgIpc) is 3.24. The summed E-state index contributed by atoms with van der Waals surface area (Å²) in [6, 6.07) is 6.16. The van der Waals surface area contributed by atoms with Crippen LogP contribution in [0.5, 0.6) is 0 Å². The number of nitrogens with two attached hydrogens (primary N) is 1. The Morgan fingerprint density at radius 3 is 2.50 bits per heavy atom. The van der Waals surface area contributed by atoms with Crippen LogP contribution in [-0.4, -0.2) is 42.6 Å². The van der Waals surface area contributed by atoms with Gasteiger partial charge in [0.05, 0.1) is 5.69 Å². The molecular formula is C15H20BrN3S. The molecule has 1 saturated heterocycles. The van der Waals surface area contributed by atoms with Gasteiger partial charge in [0.2, 0.25) is 0 Å². The summed E-state index contributed by atoms with van der Waals surface area (Å²) in [7, 11) is 0.